The van der Waals surface area contributed by atoms with Gasteiger partial charge in [0.05, 0.1) is 0 Å². The predicted octanol–water partition coefficient (Wildman–Crippen LogP) is 1.53. The van der Waals surface area contributed by atoms with Crippen LogP contribution in [0.1, 0.15) is 6.92 Å². The Balaban J connectivity index is 3.29. The Morgan fingerprint density at radius 3 is 2.88 bits per heavy atom. The van der Waals surface area contributed by atoms with Gasteiger partial charge < -0.3 is 0 Å². The third kappa shape index (κ3) is 4.12. The Morgan fingerprint density at radius 2 is 2.50 bits per heavy atom. The summed E-state index contributed by atoms with van der Waals surface area (Å²) in [5, 5.41) is 9.43. The SMILES string of the molecule is C/C(=C\CCl)CO[O]. The van der Waals surface area contributed by atoms with Crippen molar-refractivity contribution in [1.82, 2.24) is 0 Å². The van der Waals surface area contributed by atoms with Gasteiger partial charge in [-0.05, 0) is 17.8 Å². The first kappa shape index (κ1) is 7.95. The van der Waals surface area contributed by atoms with Crippen LogP contribution in [0.2, 0.25) is 0 Å². The van der Waals surface area contributed by atoms with Gasteiger partial charge in [0.1, 0.15) is 6.61 Å². The van der Waals surface area contributed by atoms with E-state index in [0.717, 1.165) is 5.57 Å². The van der Waals surface area contributed by atoms with Crippen LogP contribution in [0.3, 0.4) is 0 Å². The lowest BCUT2D eigenvalue weighted by Crippen LogP contribution is -1.88. The van der Waals surface area contributed by atoms with Crippen molar-refractivity contribution < 1.29 is 10.1 Å². The summed E-state index contributed by atoms with van der Waals surface area (Å²) in [6.45, 7) is 1.92. The number of allylic oxidation sites excluding steroid dienone is 1. The van der Waals surface area contributed by atoms with Crippen LogP contribution in [-0.4, -0.2) is 12.5 Å². The number of alkyl halides is 1. The molecule has 1 radical (unpaired) electrons. The topological polar surface area (TPSA) is 29.1 Å². The third-order valence-corrected chi connectivity index (χ3v) is 0.867. The molecule has 0 bridgehead atoms. The van der Waals surface area contributed by atoms with Crippen LogP contribution in [0.5, 0.6) is 0 Å². The van der Waals surface area contributed by atoms with Gasteiger partial charge in [-0.2, -0.15) is 4.89 Å². The summed E-state index contributed by atoms with van der Waals surface area (Å²) in [6.07, 6.45) is 1.74. The van der Waals surface area contributed by atoms with Gasteiger partial charge in [-0.3, -0.25) is 0 Å². The number of halogens is 1. The first-order valence-electron chi connectivity index (χ1n) is 2.27. The lowest BCUT2D eigenvalue weighted by atomic mass is 10.3. The van der Waals surface area contributed by atoms with Gasteiger partial charge in [-0.25, -0.2) is 0 Å². The first-order chi connectivity index (χ1) is 3.81. The fraction of sp³-hybridized carbons (Fsp3) is 0.600. The number of rotatable bonds is 3. The summed E-state index contributed by atoms with van der Waals surface area (Å²) in [4.78, 5) is 3.58. The molecule has 0 rings (SSSR count). The van der Waals surface area contributed by atoms with Gasteiger partial charge in [0, 0.05) is 5.88 Å². The molecule has 0 fully saturated rings. The smallest absolute Gasteiger partial charge is 0.106 e. The van der Waals surface area contributed by atoms with Gasteiger partial charge >= 0.3 is 0 Å². The highest BCUT2D eigenvalue weighted by atomic mass is 35.5. The van der Waals surface area contributed by atoms with E-state index < -0.39 is 0 Å². The largest absolute Gasteiger partial charge is 0.199 e. The molecular formula is C5H8ClO2. The number of hydrogen-bond acceptors (Lipinski definition) is 1. The van der Waals surface area contributed by atoms with E-state index in [4.69, 9.17) is 11.6 Å². The van der Waals surface area contributed by atoms with Gasteiger partial charge in [-0.15, -0.1) is 11.6 Å². The van der Waals surface area contributed by atoms with Crippen LogP contribution in [0.25, 0.3) is 0 Å². The zero-order valence-electron chi connectivity index (χ0n) is 4.69. The zero-order valence-corrected chi connectivity index (χ0v) is 5.44. The molecule has 47 valence electrons. The Bertz CT molecular complexity index is 80.5. The third-order valence-electron chi connectivity index (χ3n) is 0.712. The highest BCUT2D eigenvalue weighted by Crippen LogP contribution is 1.92. The van der Waals surface area contributed by atoms with E-state index in [-0.39, 0.29) is 6.61 Å². The van der Waals surface area contributed by atoms with Crippen LogP contribution >= 0.6 is 11.6 Å². The standard InChI is InChI=1S/C5H8ClO2/c1-5(2-3-6)4-8-7/h2H,3-4H2,1H3/b5-2+. The van der Waals surface area contributed by atoms with Gasteiger partial charge in [0.2, 0.25) is 0 Å². The molecule has 0 aliphatic heterocycles. The molecule has 0 N–H and O–H groups in total. The molecule has 0 unspecified atom stereocenters. The molecule has 0 atom stereocenters. The lowest BCUT2D eigenvalue weighted by molar-refractivity contribution is -0.296. The Labute approximate surface area is 53.6 Å². The van der Waals surface area contributed by atoms with Crippen LogP contribution < -0.4 is 0 Å². The molecule has 0 saturated heterocycles. The van der Waals surface area contributed by atoms with Crippen LogP contribution in [0, 0.1) is 0 Å². The fourth-order valence-corrected chi connectivity index (χ4v) is 0.547. The molecule has 0 aromatic heterocycles. The van der Waals surface area contributed by atoms with E-state index >= 15 is 0 Å². The van der Waals surface area contributed by atoms with Crippen LogP contribution in [-0.2, 0) is 10.1 Å². The Morgan fingerprint density at radius 1 is 1.88 bits per heavy atom. The highest BCUT2D eigenvalue weighted by molar-refractivity contribution is 6.18. The molecule has 0 aromatic carbocycles. The summed E-state index contributed by atoms with van der Waals surface area (Å²) in [5.41, 5.74) is 0.870. The summed E-state index contributed by atoms with van der Waals surface area (Å²) in [6, 6.07) is 0. The summed E-state index contributed by atoms with van der Waals surface area (Å²) in [5.74, 6) is 0.440. The molecule has 8 heavy (non-hydrogen) atoms. The average molecular weight is 136 g/mol. The Hall–Kier alpha value is -0.0500. The molecule has 2 nitrogen and oxygen atoms in total. The summed E-state index contributed by atoms with van der Waals surface area (Å²) < 4.78 is 0. The molecule has 0 aliphatic carbocycles. The lowest BCUT2D eigenvalue weighted by Gasteiger charge is -1.90. The molecule has 0 saturated carbocycles. The van der Waals surface area contributed by atoms with E-state index in [0.29, 0.717) is 5.88 Å². The quantitative estimate of drug-likeness (QED) is 0.250. The number of hydrogen-bond donors (Lipinski definition) is 0. The van der Waals surface area contributed by atoms with E-state index in [1.54, 1.807) is 13.0 Å². The second kappa shape index (κ2) is 5.09. The first-order valence-corrected chi connectivity index (χ1v) is 2.81. The van der Waals surface area contributed by atoms with E-state index in [9.17, 15) is 5.26 Å². The van der Waals surface area contributed by atoms with E-state index in [2.05, 4.69) is 4.89 Å². The normalized spacial score (nSPS) is 12.1. The second-order valence-electron chi connectivity index (χ2n) is 1.47. The molecule has 0 aromatic rings. The maximum atomic E-state index is 9.43. The maximum absolute atomic E-state index is 9.43. The van der Waals surface area contributed by atoms with E-state index in [1.165, 1.54) is 0 Å². The molecule has 3 heteroatoms. The Kier molecular flexibility index (Phi) is 5.06. The van der Waals surface area contributed by atoms with Crippen molar-refractivity contribution in [3.8, 4) is 0 Å². The second-order valence-corrected chi connectivity index (χ2v) is 1.78. The predicted molar refractivity (Wildman–Crippen MR) is 31.1 cm³/mol. The minimum Gasteiger partial charge on any atom is -0.199 e. The van der Waals surface area contributed by atoms with Crippen molar-refractivity contribution >= 4 is 11.6 Å². The highest BCUT2D eigenvalue weighted by Gasteiger charge is 1.85. The minimum atomic E-state index is 0.132. The summed E-state index contributed by atoms with van der Waals surface area (Å²) in [7, 11) is 0. The average Bonchev–Trinajstić information content (AvgIpc) is 1.68. The fourth-order valence-electron chi connectivity index (χ4n) is 0.284. The van der Waals surface area contributed by atoms with Gasteiger partial charge in [0.25, 0.3) is 0 Å². The van der Waals surface area contributed by atoms with Crippen molar-refractivity contribution in [2.24, 2.45) is 0 Å². The van der Waals surface area contributed by atoms with Crippen LogP contribution in [0.4, 0.5) is 0 Å². The van der Waals surface area contributed by atoms with Gasteiger partial charge in [0.15, 0.2) is 0 Å². The van der Waals surface area contributed by atoms with Crippen molar-refractivity contribution in [3.63, 3.8) is 0 Å². The molecule has 0 spiro atoms. The summed E-state index contributed by atoms with van der Waals surface area (Å²) >= 11 is 5.30. The van der Waals surface area contributed by atoms with Crippen LogP contribution in [0.15, 0.2) is 11.6 Å². The van der Waals surface area contributed by atoms with Crippen molar-refractivity contribution in [2.45, 2.75) is 6.92 Å². The maximum Gasteiger partial charge on any atom is 0.106 e. The molecular weight excluding hydrogens is 128 g/mol. The minimum absolute atomic E-state index is 0.132. The molecule has 0 aliphatic rings. The molecule has 0 amide bonds. The van der Waals surface area contributed by atoms with E-state index in [1.807, 2.05) is 0 Å². The van der Waals surface area contributed by atoms with Crippen molar-refractivity contribution in [3.05, 3.63) is 11.6 Å². The molecule has 0 heterocycles. The van der Waals surface area contributed by atoms with Gasteiger partial charge in [-0.1, -0.05) is 6.08 Å². The zero-order chi connectivity index (χ0) is 6.41. The monoisotopic (exact) mass is 135 g/mol. The van der Waals surface area contributed by atoms with Crippen molar-refractivity contribution in [2.75, 3.05) is 12.5 Å². The van der Waals surface area contributed by atoms with Crippen molar-refractivity contribution in [1.29, 1.82) is 0 Å².